The second-order valence-corrected chi connectivity index (χ2v) is 8.62. The highest BCUT2D eigenvalue weighted by Gasteiger charge is 2.22. The molecule has 3 rings (SSSR count). The number of esters is 1. The van der Waals surface area contributed by atoms with Crippen LogP contribution in [-0.2, 0) is 21.4 Å². The third-order valence-electron chi connectivity index (χ3n) is 4.18. The minimum Gasteiger partial charge on any atom is -0.486 e. The molecule has 0 amide bonds. The number of hydrogen-bond acceptors (Lipinski definition) is 7. The number of carbonyl (C=O) groups is 2. The molecule has 0 aliphatic heterocycles. The Morgan fingerprint density at radius 3 is 2.31 bits per heavy atom. The Hall–Kier alpha value is -3.66. The molecule has 1 heterocycles. The molecular weight excluding hydrogens is 441 g/mol. The number of nitrogens with one attached hydrogen (secondary N) is 1. The van der Waals surface area contributed by atoms with Crippen LogP contribution in [0.1, 0.15) is 33.6 Å². The summed E-state index contributed by atoms with van der Waals surface area (Å²) in [6, 6.07) is 14.1. The molecule has 8 nitrogen and oxygen atoms in total. The Labute approximate surface area is 184 Å². The Balaban J connectivity index is 1.55. The van der Waals surface area contributed by atoms with E-state index < -0.39 is 27.9 Å². The van der Waals surface area contributed by atoms with Crippen LogP contribution in [0, 0.1) is 5.82 Å². The summed E-state index contributed by atoms with van der Waals surface area (Å²) < 4.78 is 53.7. The van der Waals surface area contributed by atoms with E-state index in [0.717, 1.165) is 6.26 Å². The quantitative estimate of drug-likeness (QED) is 0.381. The van der Waals surface area contributed by atoms with Crippen molar-refractivity contribution in [3.63, 3.8) is 0 Å². The Morgan fingerprint density at radius 1 is 1.03 bits per heavy atom. The van der Waals surface area contributed by atoms with Gasteiger partial charge >= 0.3 is 5.97 Å². The first-order chi connectivity index (χ1) is 15.1. The van der Waals surface area contributed by atoms with E-state index in [0.29, 0.717) is 17.2 Å². The molecule has 0 saturated heterocycles. The van der Waals surface area contributed by atoms with Gasteiger partial charge in [-0.25, -0.2) is 17.6 Å². The largest absolute Gasteiger partial charge is 0.486 e. The highest BCUT2D eigenvalue weighted by atomic mass is 32.2. The normalized spacial score (nSPS) is 12.1. The first-order valence-electron chi connectivity index (χ1n) is 9.41. The molecule has 0 fully saturated rings. The lowest BCUT2D eigenvalue weighted by Crippen LogP contribution is -2.24. The van der Waals surface area contributed by atoms with E-state index >= 15 is 0 Å². The molecule has 0 spiro atoms. The Kier molecular flexibility index (Phi) is 6.94. The predicted octanol–water partition coefficient (Wildman–Crippen LogP) is 3.80. The fraction of sp³-hybridized carbons (Fsp3) is 0.182. The summed E-state index contributed by atoms with van der Waals surface area (Å²) in [6.07, 6.45) is -0.0806. The van der Waals surface area contributed by atoms with Crippen LogP contribution in [0.5, 0.6) is 5.75 Å². The van der Waals surface area contributed by atoms with Crippen molar-refractivity contribution in [3.05, 3.63) is 83.6 Å². The molecule has 168 valence electrons. The van der Waals surface area contributed by atoms with Gasteiger partial charge in [0.1, 0.15) is 23.9 Å². The number of rotatable bonds is 9. The molecule has 10 heteroatoms. The summed E-state index contributed by atoms with van der Waals surface area (Å²) in [6.45, 7) is 1.44. The molecule has 0 radical (unpaired) electrons. The van der Waals surface area contributed by atoms with Crippen LogP contribution in [-0.4, -0.2) is 32.5 Å². The van der Waals surface area contributed by atoms with Crippen molar-refractivity contribution in [3.8, 4) is 5.75 Å². The lowest BCUT2D eigenvalue weighted by molar-refractivity contribution is 0.0286. The van der Waals surface area contributed by atoms with Crippen molar-refractivity contribution in [1.82, 2.24) is 0 Å². The maximum absolute atomic E-state index is 12.9. The van der Waals surface area contributed by atoms with Crippen LogP contribution in [0.15, 0.2) is 65.1 Å². The molecular formula is C22H20FNO7S. The zero-order valence-electron chi connectivity index (χ0n) is 17.2. The maximum atomic E-state index is 12.9. The molecule has 1 N–H and O–H groups in total. The highest BCUT2D eigenvalue weighted by molar-refractivity contribution is 7.92. The molecule has 0 aliphatic rings. The number of ketones is 1. The third-order valence-corrected chi connectivity index (χ3v) is 4.79. The van der Waals surface area contributed by atoms with Crippen molar-refractivity contribution in [2.45, 2.75) is 19.6 Å². The van der Waals surface area contributed by atoms with Crippen molar-refractivity contribution >= 4 is 27.5 Å². The molecule has 32 heavy (non-hydrogen) atoms. The zero-order chi connectivity index (χ0) is 23.3. The van der Waals surface area contributed by atoms with Gasteiger partial charge in [0.05, 0.1) is 6.26 Å². The molecule has 3 aromatic rings. The summed E-state index contributed by atoms with van der Waals surface area (Å²) in [4.78, 5) is 24.8. The monoisotopic (exact) mass is 461 g/mol. The number of hydrogen-bond donors (Lipinski definition) is 1. The van der Waals surface area contributed by atoms with Gasteiger partial charge in [0.25, 0.3) is 0 Å². The second kappa shape index (κ2) is 9.65. The number of furan rings is 1. The highest BCUT2D eigenvalue weighted by Crippen LogP contribution is 2.17. The molecule has 2 aromatic carbocycles. The predicted molar refractivity (Wildman–Crippen MR) is 114 cm³/mol. The van der Waals surface area contributed by atoms with Crippen molar-refractivity contribution in [2.24, 2.45) is 0 Å². The smallest absolute Gasteiger partial charge is 0.374 e. The molecule has 0 bridgehead atoms. The van der Waals surface area contributed by atoms with Gasteiger partial charge in [0.2, 0.25) is 21.6 Å². The summed E-state index contributed by atoms with van der Waals surface area (Å²) in [5.41, 5.74) is 0.553. The number of carbonyl (C=O) groups excluding carboxylic acids is 2. The minimum absolute atomic E-state index is 0.0151. The van der Waals surface area contributed by atoms with E-state index in [1.807, 2.05) is 0 Å². The first-order valence-corrected chi connectivity index (χ1v) is 11.3. The molecule has 1 unspecified atom stereocenters. The van der Waals surface area contributed by atoms with Gasteiger partial charge in [0.15, 0.2) is 6.10 Å². The second-order valence-electron chi connectivity index (χ2n) is 6.87. The van der Waals surface area contributed by atoms with E-state index in [4.69, 9.17) is 13.9 Å². The van der Waals surface area contributed by atoms with Crippen LogP contribution in [0.4, 0.5) is 10.1 Å². The SMILES string of the molecule is CC(OC(=O)c1ccc(COc2ccc(F)cc2)o1)C(=O)c1ccc(NS(C)(=O)=O)cc1. The van der Waals surface area contributed by atoms with Gasteiger partial charge in [-0.2, -0.15) is 0 Å². The van der Waals surface area contributed by atoms with Crippen LogP contribution < -0.4 is 9.46 Å². The Bertz CT molecular complexity index is 1200. The van der Waals surface area contributed by atoms with Crippen molar-refractivity contribution in [2.75, 3.05) is 11.0 Å². The molecule has 0 aliphatic carbocycles. The molecule has 0 saturated carbocycles. The summed E-state index contributed by atoms with van der Waals surface area (Å²) in [5, 5.41) is 0. The fourth-order valence-corrected chi connectivity index (χ4v) is 3.24. The van der Waals surface area contributed by atoms with Gasteiger partial charge in [-0.15, -0.1) is 0 Å². The molecule has 1 aromatic heterocycles. The third kappa shape index (κ3) is 6.42. The number of Topliss-reactive ketones (excluding diaryl/α,β-unsaturated/α-hetero) is 1. The van der Waals surface area contributed by atoms with Gasteiger partial charge in [-0.3, -0.25) is 9.52 Å². The minimum atomic E-state index is -3.43. The van der Waals surface area contributed by atoms with Crippen LogP contribution >= 0.6 is 0 Å². The summed E-state index contributed by atoms with van der Waals surface area (Å²) in [5.74, 6) is -0.997. The average molecular weight is 461 g/mol. The lowest BCUT2D eigenvalue weighted by Gasteiger charge is -2.12. The number of halogens is 1. The summed E-state index contributed by atoms with van der Waals surface area (Å²) in [7, 11) is -3.43. The van der Waals surface area contributed by atoms with E-state index in [2.05, 4.69) is 4.72 Å². The topological polar surface area (TPSA) is 112 Å². The van der Waals surface area contributed by atoms with Crippen molar-refractivity contribution in [1.29, 1.82) is 0 Å². The molecule has 1 atom stereocenters. The van der Waals surface area contributed by atoms with Crippen LogP contribution in [0.25, 0.3) is 0 Å². The number of sulfonamides is 1. The maximum Gasteiger partial charge on any atom is 0.374 e. The summed E-state index contributed by atoms with van der Waals surface area (Å²) >= 11 is 0. The van der Waals surface area contributed by atoms with Gasteiger partial charge < -0.3 is 13.9 Å². The fourth-order valence-electron chi connectivity index (χ4n) is 2.67. The van der Waals surface area contributed by atoms with E-state index in [1.54, 1.807) is 0 Å². The number of ether oxygens (including phenoxy) is 2. The van der Waals surface area contributed by atoms with Gasteiger partial charge in [0, 0.05) is 11.3 Å². The van der Waals surface area contributed by atoms with E-state index in [9.17, 15) is 22.4 Å². The van der Waals surface area contributed by atoms with Crippen molar-refractivity contribution < 1.29 is 36.3 Å². The van der Waals surface area contributed by atoms with Gasteiger partial charge in [-0.05, 0) is 67.6 Å². The van der Waals surface area contributed by atoms with E-state index in [1.165, 1.54) is 67.6 Å². The number of anilines is 1. The Morgan fingerprint density at radius 2 is 1.69 bits per heavy atom. The van der Waals surface area contributed by atoms with E-state index in [-0.39, 0.29) is 23.7 Å². The number of benzene rings is 2. The van der Waals surface area contributed by atoms with Crippen LogP contribution in [0.2, 0.25) is 0 Å². The first kappa shape index (κ1) is 23.0. The van der Waals surface area contributed by atoms with Gasteiger partial charge in [-0.1, -0.05) is 0 Å². The average Bonchev–Trinajstić information content (AvgIpc) is 3.21. The standard InChI is InChI=1S/C22H20FNO7S/c1-14(21(25)15-3-7-17(8-4-15)24-32(2,27)28)30-22(26)20-12-11-19(31-20)13-29-18-9-5-16(23)6-10-18/h3-12,14,24H,13H2,1-2H3. The zero-order valence-corrected chi connectivity index (χ0v) is 18.0. The lowest BCUT2D eigenvalue weighted by atomic mass is 10.1. The van der Waals surface area contributed by atoms with Crippen LogP contribution in [0.3, 0.4) is 0 Å².